The number of hydrogen-bond donors (Lipinski definition) is 1. The van der Waals surface area contributed by atoms with Gasteiger partial charge in [0.1, 0.15) is 5.75 Å². The van der Waals surface area contributed by atoms with Crippen molar-refractivity contribution in [3.05, 3.63) is 59.1 Å². The highest BCUT2D eigenvalue weighted by molar-refractivity contribution is 6.34. The third kappa shape index (κ3) is 5.89. The molecule has 0 saturated heterocycles. The molecule has 0 spiro atoms. The van der Waals surface area contributed by atoms with Gasteiger partial charge < -0.3 is 10.1 Å². The summed E-state index contributed by atoms with van der Waals surface area (Å²) in [7, 11) is 0. The number of halogens is 1. The lowest BCUT2D eigenvalue weighted by atomic mass is 10.2. The van der Waals surface area contributed by atoms with E-state index in [2.05, 4.69) is 12.2 Å². The van der Waals surface area contributed by atoms with Gasteiger partial charge in [0.05, 0.1) is 17.2 Å². The maximum Gasteiger partial charge on any atom is 0.257 e. The van der Waals surface area contributed by atoms with E-state index in [-0.39, 0.29) is 5.91 Å². The van der Waals surface area contributed by atoms with Gasteiger partial charge in [0.2, 0.25) is 0 Å². The fraction of sp³-hybridized carbons (Fsp3) is 0.350. The Hall–Kier alpha value is -2.00. The maximum atomic E-state index is 12.2. The second kappa shape index (κ2) is 9.99. The van der Waals surface area contributed by atoms with Crippen molar-refractivity contribution < 1.29 is 9.53 Å². The topological polar surface area (TPSA) is 38.3 Å². The highest BCUT2D eigenvalue weighted by Gasteiger charge is 2.09. The highest BCUT2D eigenvalue weighted by Crippen LogP contribution is 2.19. The molecule has 0 atom stereocenters. The van der Waals surface area contributed by atoms with Gasteiger partial charge in [-0.1, -0.05) is 56.3 Å². The lowest BCUT2D eigenvalue weighted by molar-refractivity contribution is 0.102. The second-order valence-corrected chi connectivity index (χ2v) is 6.13. The average Bonchev–Trinajstić information content (AvgIpc) is 2.59. The summed E-state index contributed by atoms with van der Waals surface area (Å²) >= 11 is 6.03. The minimum atomic E-state index is -0.217. The van der Waals surface area contributed by atoms with Gasteiger partial charge >= 0.3 is 0 Å². The van der Waals surface area contributed by atoms with Crippen molar-refractivity contribution in [3.63, 3.8) is 0 Å². The first-order valence-electron chi connectivity index (χ1n) is 8.49. The van der Waals surface area contributed by atoms with Crippen LogP contribution in [0.15, 0.2) is 48.5 Å². The van der Waals surface area contributed by atoms with Crippen LogP contribution in [-0.2, 0) is 0 Å². The molecule has 2 rings (SSSR count). The number of rotatable bonds is 9. The monoisotopic (exact) mass is 345 g/mol. The molecule has 2 aromatic rings. The normalized spacial score (nSPS) is 10.4. The van der Waals surface area contributed by atoms with Gasteiger partial charge in [-0.3, -0.25) is 4.79 Å². The van der Waals surface area contributed by atoms with E-state index >= 15 is 0 Å². The smallest absolute Gasteiger partial charge is 0.257 e. The molecule has 0 aromatic heterocycles. The highest BCUT2D eigenvalue weighted by atomic mass is 35.5. The van der Waals surface area contributed by atoms with Crippen LogP contribution in [-0.4, -0.2) is 12.5 Å². The van der Waals surface area contributed by atoms with Crippen LogP contribution in [0.25, 0.3) is 0 Å². The molecule has 0 aliphatic heterocycles. The van der Waals surface area contributed by atoms with Gasteiger partial charge in [-0.05, 0) is 42.8 Å². The molecule has 0 radical (unpaired) electrons. The van der Waals surface area contributed by atoms with Crippen LogP contribution in [0.3, 0.4) is 0 Å². The fourth-order valence-electron chi connectivity index (χ4n) is 2.37. The van der Waals surface area contributed by atoms with Crippen LogP contribution >= 0.6 is 11.6 Å². The first-order valence-corrected chi connectivity index (χ1v) is 8.87. The summed E-state index contributed by atoms with van der Waals surface area (Å²) in [5.41, 5.74) is 1.18. The van der Waals surface area contributed by atoms with Crippen LogP contribution in [0, 0.1) is 0 Å². The molecule has 128 valence electrons. The molecule has 3 nitrogen and oxygen atoms in total. The molecule has 0 fully saturated rings. The molecule has 24 heavy (non-hydrogen) atoms. The Kier molecular flexibility index (Phi) is 7.63. The number of hydrogen-bond acceptors (Lipinski definition) is 2. The largest absolute Gasteiger partial charge is 0.494 e. The van der Waals surface area contributed by atoms with Crippen molar-refractivity contribution in [1.29, 1.82) is 0 Å². The number of amides is 1. The molecule has 0 saturated carbocycles. The van der Waals surface area contributed by atoms with Crippen LogP contribution in [0.1, 0.15) is 49.4 Å². The van der Waals surface area contributed by atoms with Gasteiger partial charge in [0, 0.05) is 5.69 Å². The van der Waals surface area contributed by atoms with Crippen LogP contribution in [0.2, 0.25) is 5.02 Å². The predicted molar refractivity (Wildman–Crippen MR) is 100 cm³/mol. The molecule has 1 amide bonds. The van der Waals surface area contributed by atoms with Crippen molar-refractivity contribution in [2.24, 2.45) is 0 Å². The molecule has 0 aliphatic rings. The van der Waals surface area contributed by atoms with E-state index in [0.717, 1.165) is 24.5 Å². The quantitative estimate of drug-likeness (QED) is 0.571. The number of nitrogens with one attached hydrogen (secondary N) is 1. The average molecular weight is 346 g/mol. The Morgan fingerprint density at radius 1 is 1.00 bits per heavy atom. The molecular weight excluding hydrogens is 322 g/mol. The Morgan fingerprint density at radius 2 is 1.71 bits per heavy atom. The van der Waals surface area contributed by atoms with Crippen molar-refractivity contribution in [3.8, 4) is 5.75 Å². The molecule has 2 aromatic carbocycles. The van der Waals surface area contributed by atoms with Crippen LogP contribution in [0.4, 0.5) is 5.69 Å². The second-order valence-electron chi connectivity index (χ2n) is 5.72. The summed E-state index contributed by atoms with van der Waals surface area (Å²) in [5.74, 6) is 0.603. The first-order chi connectivity index (χ1) is 11.7. The summed E-state index contributed by atoms with van der Waals surface area (Å²) in [6.07, 6.45) is 6.10. The van der Waals surface area contributed by atoms with E-state index < -0.39 is 0 Å². The van der Waals surface area contributed by atoms with Crippen LogP contribution < -0.4 is 10.1 Å². The van der Waals surface area contributed by atoms with Crippen molar-refractivity contribution in [1.82, 2.24) is 0 Å². The number of ether oxygens (including phenoxy) is 1. The molecule has 0 aliphatic carbocycles. The summed E-state index contributed by atoms with van der Waals surface area (Å²) in [4.78, 5) is 12.2. The number of carbonyl (C=O) groups is 1. The zero-order valence-corrected chi connectivity index (χ0v) is 14.8. The van der Waals surface area contributed by atoms with Gasteiger partial charge in [0.15, 0.2) is 0 Å². The minimum absolute atomic E-state index is 0.217. The predicted octanol–water partition coefficient (Wildman–Crippen LogP) is 5.94. The molecule has 0 heterocycles. The van der Waals surface area contributed by atoms with Gasteiger partial charge in [-0.15, -0.1) is 0 Å². The van der Waals surface area contributed by atoms with E-state index in [0.29, 0.717) is 10.6 Å². The fourth-order valence-corrected chi connectivity index (χ4v) is 2.60. The van der Waals surface area contributed by atoms with E-state index in [1.165, 1.54) is 25.7 Å². The van der Waals surface area contributed by atoms with E-state index in [1.807, 2.05) is 24.3 Å². The van der Waals surface area contributed by atoms with Gasteiger partial charge in [-0.2, -0.15) is 0 Å². The van der Waals surface area contributed by atoms with E-state index in [9.17, 15) is 4.79 Å². The van der Waals surface area contributed by atoms with E-state index in [4.69, 9.17) is 16.3 Å². The Balaban J connectivity index is 1.79. The maximum absolute atomic E-state index is 12.2. The van der Waals surface area contributed by atoms with Crippen molar-refractivity contribution in [2.45, 2.75) is 39.0 Å². The lowest BCUT2D eigenvalue weighted by Gasteiger charge is -2.09. The Morgan fingerprint density at radius 3 is 2.42 bits per heavy atom. The molecule has 4 heteroatoms. The van der Waals surface area contributed by atoms with Gasteiger partial charge in [-0.25, -0.2) is 0 Å². The Labute approximate surface area is 149 Å². The number of anilines is 1. The molecule has 1 N–H and O–H groups in total. The number of benzene rings is 2. The molecular formula is C20H24ClNO2. The SMILES string of the molecule is CCCCCCCOc1ccc(NC(=O)c2ccccc2Cl)cc1. The van der Waals surface area contributed by atoms with Crippen LogP contribution in [0.5, 0.6) is 5.75 Å². The summed E-state index contributed by atoms with van der Waals surface area (Å²) in [5, 5.41) is 3.28. The standard InChI is InChI=1S/C20H24ClNO2/c1-2-3-4-5-8-15-24-17-13-11-16(12-14-17)22-20(23)18-9-6-7-10-19(18)21/h6-7,9-14H,2-5,8,15H2,1H3,(H,22,23). The third-order valence-corrected chi connectivity index (χ3v) is 4.08. The number of unbranched alkanes of at least 4 members (excludes halogenated alkanes) is 4. The molecule has 0 unspecified atom stereocenters. The van der Waals surface area contributed by atoms with Gasteiger partial charge in [0.25, 0.3) is 5.91 Å². The van der Waals surface area contributed by atoms with Crippen molar-refractivity contribution in [2.75, 3.05) is 11.9 Å². The number of carbonyl (C=O) groups excluding carboxylic acids is 1. The third-order valence-electron chi connectivity index (χ3n) is 3.75. The summed E-state index contributed by atoms with van der Waals surface area (Å²) in [6.45, 7) is 2.94. The zero-order chi connectivity index (χ0) is 17.2. The first kappa shape index (κ1) is 18.3. The summed E-state index contributed by atoms with van der Waals surface area (Å²) in [6, 6.07) is 14.4. The lowest BCUT2D eigenvalue weighted by Crippen LogP contribution is -2.12. The molecule has 0 bridgehead atoms. The van der Waals surface area contributed by atoms with E-state index in [1.54, 1.807) is 24.3 Å². The Bertz CT molecular complexity index is 640. The zero-order valence-electron chi connectivity index (χ0n) is 14.1. The minimum Gasteiger partial charge on any atom is -0.494 e. The van der Waals surface area contributed by atoms with Crippen molar-refractivity contribution >= 4 is 23.2 Å². The summed E-state index contributed by atoms with van der Waals surface area (Å²) < 4.78 is 5.72.